The van der Waals surface area contributed by atoms with Crippen LogP contribution >= 0.6 is 34.9 Å². The van der Waals surface area contributed by atoms with Crippen LogP contribution in [0.2, 0.25) is 5.02 Å². The molecule has 0 atom stereocenters. The average Bonchev–Trinajstić information content (AvgIpc) is 3.53. The summed E-state index contributed by atoms with van der Waals surface area (Å²) in [7, 11) is 0. The van der Waals surface area contributed by atoms with Crippen molar-refractivity contribution < 1.29 is 5.11 Å². The Morgan fingerprint density at radius 3 is 2.53 bits per heavy atom. The largest absolute Gasteiger partial charge is 0.386 e. The monoisotopic (exact) mass is 483 g/mol. The highest BCUT2D eigenvalue weighted by Gasteiger charge is 2.19. The molecule has 1 aliphatic carbocycles. The summed E-state index contributed by atoms with van der Waals surface area (Å²) >= 11 is 9.52. The number of nitrogens with zero attached hydrogens (tertiary/aromatic N) is 2. The molecular formula is C25H26ClN3OS2. The zero-order chi connectivity index (χ0) is 22.7. The van der Waals surface area contributed by atoms with Crippen LogP contribution in [0.4, 0.5) is 0 Å². The highest BCUT2D eigenvalue weighted by molar-refractivity contribution is 7.97. The van der Waals surface area contributed by atoms with Gasteiger partial charge >= 0.3 is 0 Å². The first-order valence-corrected chi connectivity index (χ1v) is 12.6. The number of halogens is 1. The fraction of sp³-hybridized carbons (Fsp3) is 0.280. The molecule has 1 aromatic carbocycles. The van der Waals surface area contributed by atoms with E-state index in [4.69, 9.17) is 16.7 Å². The van der Waals surface area contributed by atoms with Crippen LogP contribution in [-0.2, 0) is 12.0 Å². The molecule has 1 fully saturated rings. The molecule has 0 unspecified atom stereocenters. The van der Waals surface area contributed by atoms with Gasteiger partial charge in [-0.15, -0.1) is 11.3 Å². The van der Waals surface area contributed by atoms with Gasteiger partial charge in [-0.1, -0.05) is 41.7 Å². The highest BCUT2D eigenvalue weighted by Crippen LogP contribution is 2.35. The molecule has 0 saturated heterocycles. The van der Waals surface area contributed by atoms with Gasteiger partial charge in [-0.2, -0.15) is 0 Å². The molecule has 5 rings (SSSR count). The molecular weight excluding hydrogens is 458 g/mol. The number of nitrogens with two attached hydrogens (primary N) is 1. The van der Waals surface area contributed by atoms with E-state index in [9.17, 15) is 5.11 Å². The first kappa shape index (κ1) is 23.2. The molecule has 0 amide bonds. The Kier molecular flexibility index (Phi) is 7.17. The lowest BCUT2D eigenvalue weighted by molar-refractivity contribution is 0.0785. The maximum absolute atomic E-state index is 10.3. The van der Waals surface area contributed by atoms with Crippen molar-refractivity contribution in [3.63, 3.8) is 0 Å². The number of hydrogen-bond donors (Lipinski definition) is 2. The average molecular weight is 484 g/mol. The van der Waals surface area contributed by atoms with Crippen LogP contribution in [0.25, 0.3) is 21.5 Å². The molecule has 0 spiro atoms. The lowest BCUT2D eigenvalue weighted by Gasteiger charge is -2.18. The summed E-state index contributed by atoms with van der Waals surface area (Å²) in [5.74, 6) is 0. The van der Waals surface area contributed by atoms with E-state index in [-0.39, 0.29) is 0 Å². The van der Waals surface area contributed by atoms with Crippen molar-refractivity contribution >= 4 is 45.1 Å². The van der Waals surface area contributed by atoms with E-state index in [1.165, 1.54) is 29.7 Å². The molecule has 166 valence electrons. The van der Waals surface area contributed by atoms with E-state index >= 15 is 0 Å². The molecule has 1 saturated carbocycles. The Hall–Kier alpha value is -1.96. The fourth-order valence-corrected chi connectivity index (χ4v) is 5.04. The highest BCUT2D eigenvalue weighted by atomic mass is 35.5. The third kappa shape index (κ3) is 5.69. The third-order valence-electron chi connectivity index (χ3n) is 5.24. The van der Waals surface area contributed by atoms with Gasteiger partial charge in [-0.3, -0.25) is 15.1 Å². The van der Waals surface area contributed by atoms with Crippen LogP contribution in [0.3, 0.4) is 0 Å². The number of pyridine rings is 2. The molecule has 1 aliphatic rings. The summed E-state index contributed by atoms with van der Waals surface area (Å²) in [6, 6.07) is 15.8. The van der Waals surface area contributed by atoms with E-state index in [1.54, 1.807) is 31.4 Å². The van der Waals surface area contributed by atoms with Gasteiger partial charge in [0.1, 0.15) is 0 Å². The summed E-state index contributed by atoms with van der Waals surface area (Å²) in [5.41, 5.74) is 3.86. The summed E-state index contributed by atoms with van der Waals surface area (Å²) < 4.78 is 1.10. The molecule has 3 N–H and O–H groups in total. The SMILES string of the molecule is CC(C)(O)c1ccnc(-c2ccnc3cc(Cc4ccccc4Cl)sc23)c1.NSC1CC1. The molecule has 0 aliphatic heterocycles. The second-order valence-corrected chi connectivity index (χ2v) is 10.9. The minimum Gasteiger partial charge on any atom is -0.386 e. The van der Waals surface area contributed by atoms with E-state index in [2.05, 4.69) is 22.1 Å². The molecule has 4 aromatic rings. The van der Waals surface area contributed by atoms with E-state index < -0.39 is 5.60 Å². The van der Waals surface area contributed by atoms with Crippen LogP contribution < -0.4 is 5.14 Å². The number of fused-ring (bicyclic) bond motifs is 1. The van der Waals surface area contributed by atoms with Crippen LogP contribution in [0.15, 0.2) is 60.9 Å². The molecule has 32 heavy (non-hydrogen) atoms. The van der Waals surface area contributed by atoms with Crippen molar-refractivity contribution in [1.29, 1.82) is 0 Å². The predicted molar refractivity (Wildman–Crippen MR) is 137 cm³/mol. The van der Waals surface area contributed by atoms with Crippen LogP contribution in [-0.4, -0.2) is 20.3 Å². The van der Waals surface area contributed by atoms with Crippen molar-refractivity contribution in [3.8, 4) is 11.3 Å². The van der Waals surface area contributed by atoms with Crippen LogP contribution in [0.5, 0.6) is 0 Å². The van der Waals surface area contributed by atoms with Gasteiger partial charge < -0.3 is 5.11 Å². The molecule has 7 heteroatoms. The molecule has 3 heterocycles. The maximum Gasteiger partial charge on any atom is 0.0841 e. The van der Waals surface area contributed by atoms with Gasteiger partial charge in [0.25, 0.3) is 0 Å². The van der Waals surface area contributed by atoms with Crippen molar-refractivity contribution in [1.82, 2.24) is 9.97 Å². The first-order chi connectivity index (χ1) is 15.3. The van der Waals surface area contributed by atoms with Gasteiger partial charge in [0.05, 0.1) is 21.5 Å². The summed E-state index contributed by atoms with van der Waals surface area (Å²) in [6.07, 6.45) is 7.02. The summed E-state index contributed by atoms with van der Waals surface area (Å²) in [4.78, 5) is 10.3. The van der Waals surface area contributed by atoms with Gasteiger partial charge in [-0.25, -0.2) is 0 Å². The van der Waals surface area contributed by atoms with Crippen molar-refractivity contribution in [2.45, 2.75) is 44.0 Å². The van der Waals surface area contributed by atoms with Gasteiger partial charge in [0, 0.05) is 39.5 Å². The van der Waals surface area contributed by atoms with Gasteiger partial charge in [0.2, 0.25) is 0 Å². The fourth-order valence-electron chi connectivity index (χ4n) is 3.27. The summed E-state index contributed by atoms with van der Waals surface area (Å²) in [5, 5.41) is 17.1. The van der Waals surface area contributed by atoms with Crippen molar-refractivity contribution in [2.75, 3.05) is 0 Å². The quantitative estimate of drug-likeness (QED) is 0.313. The predicted octanol–water partition coefficient (Wildman–Crippen LogP) is 6.59. The zero-order valence-corrected chi connectivity index (χ0v) is 20.5. The van der Waals surface area contributed by atoms with E-state index in [0.29, 0.717) is 0 Å². The lowest BCUT2D eigenvalue weighted by atomic mass is 9.97. The topological polar surface area (TPSA) is 72.0 Å². The third-order valence-corrected chi connectivity index (χ3v) is 7.63. The Bertz CT molecular complexity index is 1220. The van der Waals surface area contributed by atoms with Crippen LogP contribution in [0, 0.1) is 0 Å². The van der Waals surface area contributed by atoms with E-state index in [0.717, 1.165) is 49.3 Å². The molecule has 4 nitrogen and oxygen atoms in total. The number of benzene rings is 1. The van der Waals surface area contributed by atoms with Crippen molar-refractivity contribution in [2.24, 2.45) is 5.14 Å². The second-order valence-electron chi connectivity index (χ2n) is 8.38. The Morgan fingerprint density at radius 2 is 1.88 bits per heavy atom. The minimum absolute atomic E-state index is 0.775. The van der Waals surface area contributed by atoms with Crippen molar-refractivity contribution in [3.05, 3.63) is 82.0 Å². The first-order valence-electron chi connectivity index (χ1n) is 10.5. The van der Waals surface area contributed by atoms with Gasteiger partial charge in [-0.05, 0) is 68.1 Å². The molecule has 0 radical (unpaired) electrons. The van der Waals surface area contributed by atoms with Crippen LogP contribution in [0.1, 0.15) is 42.7 Å². The Balaban J connectivity index is 0.000000433. The minimum atomic E-state index is -0.908. The standard InChI is InChI=1S/C22H19ClN2OS.C3H7NS/c1-22(2,26)15-7-9-24-19(12-15)17-8-10-25-20-13-16(27-21(17)20)11-14-5-3-4-6-18(14)23;4-5-3-1-2-3/h3-10,12-13,26H,11H2,1-2H3;3H,1-2,4H2. The smallest absolute Gasteiger partial charge is 0.0841 e. The number of thiophene rings is 1. The van der Waals surface area contributed by atoms with E-state index in [1.807, 2.05) is 42.6 Å². The maximum atomic E-state index is 10.3. The second kappa shape index (κ2) is 9.89. The molecule has 0 bridgehead atoms. The number of aromatic nitrogens is 2. The zero-order valence-electron chi connectivity index (χ0n) is 18.1. The Labute approximate surface area is 202 Å². The number of aliphatic hydroxyl groups is 1. The lowest BCUT2D eigenvalue weighted by Crippen LogP contribution is -2.15. The normalized spacial score (nSPS) is 13.7. The Morgan fingerprint density at radius 1 is 1.12 bits per heavy atom. The number of rotatable bonds is 5. The summed E-state index contributed by atoms with van der Waals surface area (Å²) in [6.45, 7) is 3.56. The number of hydrogen-bond acceptors (Lipinski definition) is 6. The molecule has 3 aromatic heterocycles. The van der Waals surface area contributed by atoms with Gasteiger partial charge in [0.15, 0.2) is 0 Å².